The highest BCUT2D eigenvalue weighted by Crippen LogP contribution is 2.25. The highest BCUT2D eigenvalue weighted by atomic mass is 16.6. The largest absolute Gasteiger partial charge is 0.394 e. The second-order valence-electron chi connectivity index (χ2n) is 5.35. The molecular formula is C15H21NO6. The van der Waals surface area contributed by atoms with Crippen LogP contribution in [0.3, 0.4) is 0 Å². The maximum Gasteiger partial charge on any atom is 0.220 e. The summed E-state index contributed by atoms with van der Waals surface area (Å²) in [6, 6.07) is 7.97. The molecule has 0 radical (unpaired) electrons. The van der Waals surface area contributed by atoms with Crippen LogP contribution in [0.25, 0.3) is 0 Å². The lowest BCUT2D eigenvalue weighted by Gasteiger charge is -2.44. The Hall–Kier alpha value is -1.51. The van der Waals surface area contributed by atoms with Crippen molar-refractivity contribution in [1.82, 2.24) is 4.90 Å². The SMILES string of the molecule is CC(=O)N(Cc1ccccc1)[C@@H]1[C@@H](O)[C@@H](O)[C@@H](CO)O[C@H]1O. The predicted octanol–water partition coefficient (Wildman–Crippen LogP) is -1.17. The minimum Gasteiger partial charge on any atom is -0.394 e. The molecule has 1 aliphatic heterocycles. The molecule has 1 amide bonds. The first-order valence-corrected chi connectivity index (χ1v) is 7.07. The first kappa shape index (κ1) is 16.9. The maximum absolute atomic E-state index is 11.9. The van der Waals surface area contributed by atoms with Gasteiger partial charge in [-0.3, -0.25) is 4.79 Å². The van der Waals surface area contributed by atoms with Crippen LogP contribution >= 0.6 is 0 Å². The van der Waals surface area contributed by atoms with E-state index < -0.39 is 37.3 Å². The highest BCUT2D eigenvalue weighted by molar-refractivity contribution is 5.73. The van der Waals surface area contributed by atoms with Crippen molar-refractivity contribution < 1.29 is 30.0 Å². The van der Waals surface area contributed by atoms with Crippen molar-refractivity contribution in [2.75, 3.05) is 6.61 Å². The molecule has 1 aromatic rings. The van der Waals surface area contributed by atoms with Crippen LogP contribution in [-0.4, -0.2) is 68.5 Å². The first-order valence-electron chi connectivity index (χ1n) is 7.07. The second kappa shape index (κ2) is 7.17. The molecule has 0 aromatic heterocycles. The number of rotatable bonds is 4. The first-order chi connectivity index (χ1) is 10.5. The average Bonchev–Trinajstić information content (AvgIpc) is 2.50. The van der Waals surface area contributed by atoms with Gasteiger partial charge >= 0.3 is 0 Å². The highest BCUT2D eigenvalue weighted by Gasteiger charge is 2.47. The minimum absolute atomic E-state index is 0.162. The summed E-state index contributed by atoms with van der Waals surface area (Å²) >= 11 is 0. The number of benzene rings is 1. The lowest BCUT2D eigenvalue weighted by Crippen LogP contribution is -2.64. The van der Waals surface area contributed by atoms with Gasteiger partial charge in [0.1, 0.15) is 24.4 Å². The van der Waals surface area contributed by atoms with Gasteiger partial charge in [-0.15, -0.1) is 0 Å². The van der Waals surface area contributed by atoms with Crippen molar-refractivity contribution in [2.45, 2.75) is 44.1 Å². The van der Waals surface area contributed by atoms with E-state index >= 15 is 0 Å². The van der Waals surface area contributed by atoms with Crippen LogP contribution in [0.1, 0.15) is 12.5 Å². The zero-order valence-electron chi connectivity index (χ0n) is 12.2. The Kier molecular flexibility index (Phi) is 5.49. The van der Waals surface area contributed by atoms with Crippen LogP contribution in [0.15, 0.2) is 30.3 Å². The Bertz CT molecular complexity index is 496. The number of hydrogen-bond acceptors (Lipinski definition) is 6. The van der Waals surface area contributed by atoms with Crippen molar-refractivity contribution in [2.24, 2.45) is 0 Å². The lowest BCUT2D eigenvalue weighted by molar-refractivity contribution is -0.271. The van der Waals surface area contributed by atoms with E-state index in [-0.39, 0.29) is 12.5 Å². The van der Waals surface area contributed by atoms with Gasteiger partial charge in [-0.1, -0.05) is 30.3 Å². The van der Waals surface area contributed by atoms with Crippen molar-refractivity contribution in [3.63, 3.8) is 0 Å². The number of carbonyl (C=O) groups excluding carboxylic acids is 1. The number of aliphatic hydroxyl groups is 4. The topological polar surface area (TPSA) is 110 Å². The lowest BCUT2D eigenvalue weighted by atomic mass is 9.95. The van der Waals surface area contributed by atoms with Gasteiger partial charge in [-0.05, 0) is 5.56 Å². The van der Waals surface area contributed by atoms with Crippen molar-refractivity contribution in [3.8, 4) is 0 Å². The summed E-state index contributed by atoms with van der Waals surface area (Å²) < 4.78 is 5.10. The molecule has 0 spiro atoms. The third-order valence-electron chi connectivity index (χ3n) is 3.83. The normalized spacial score (nSPS) is 31.8. The van der Waals surface area contributed by atoms with Crippen molar-refractivity contribution in [1.29, 1.82) is 0 Å². The van der Waals surface area contributed by atoms with Crippen LogP contribution < -0.4 is 0 Å². The zero-order chi connectivity index (χ0) is 16.3. The summed E-state index contributed by atoms with van der Waals surface area (Å²) in [7, 11) is 0. The van der Waals surface area contributed by atoms with Gasteiger partial charge in [-0.2, -0.15) is 0 Å². The van der Waals surface area contributed by atoms with Gasteiger partial charge in [0.25, 0.3) is 0 Å². The fourth-order valence-electron chi connectivity index (χ4n) is 2.63. The van der Waals surface area contributed by atoms with E-state index in [4.69, 9.17) is 9.84 Å². The molecule has 4 N–H and O–H groups in total. The van der Waals surface area contributed by atoms with Crippen LogP contribution in [-0.2, 0) is 16.1 Å². The third-order valence-corrected chi connectivity index (χ3v) is 3.83. The predicted molar refractivity (Wildman–Crippen MR) is 76.4 cm³/mol. The van der Waals surface area contributed by atoms with Gasteiger partial charge in [0.05, 0.1) is 6.61 Å². The Balaban J connectivity index is 2.22. The van der Waals surface area contributed by atoms with Crippen LogP contribution in [0.4, 0.5) is 0 Å². The zero-order valence-corrected chi connectivity index (χ0v) is 12.2. The molecular weight excluding hydrogens is 290 g/mol. The molecule has 122 valence electrons. The van der Waals surface area contributed by atoms with Gasteiger partial charge in [0.2, 0.25) is 5.91 Å². The van der Waals surface area contributed by atoms with Gasteiger partial charge < -0.3 is 30.1 Å². The van der Waals surface area contributed by atoms with Gasteiger partial charge in [0.15, 0.2) is 6.29 Å². The molecule has 1 fully saturated rings. The second-order valence-corrected chi connectivity index (χ2v) is 5.35. The smallest absolute Gasteiger partial charge is 0.220 e. The van der Waals surface area contributed by atoms with Crippen molar-refractivity contribution >= 4 is 5.91 Å². The fraction of sp³-hybridized carbons (Fsp3) is 0.533. The van der Waals surface area contributed by atoms with E-state index in [2.05, 4.69) is 0 Å². The summed E-state index contributed by atoms with van der Waals surface area (Å²) in [5, 5.41) is 39.3. The number of ether oxygens (including phenoxy) is 1. The molecule has 1 aliphatic rings. The van der Waals surface area contributed by atoms with Crippen LogP contribution in [0.2, 0.25) is 0 Å². The summed E-state index contributed by atoms with van der Waals surface area (Å²) in [6.07, 6.45) is -5.40. The molecule has 5 atom stereocenters. The van der Waals surface area contributed by atoms with Gasteiger partial charge in [-0.25, -0.2) is 0 Å². The Labute approximate surface area is 128 Å². The minimum atomic E-state index is -1.50. The molecule has 0 aliphatic carbocycles. The van der Waals surface area contributed by atoms with E-state index in [1.54, 1.807) is 0 Å². The van der Waals surface area contributed by atoms with E-state index in [1.807, 2.05) is 30.3 Å². The number of nitrogens with zero attached hydrogens (tertiary/aromatic N) is 1. The van der Waals surface area contributed by atoms with E-state index in [0.717, 1.165) is 5.56 Å². The van der Waals surface area contributed by atoms with Crippen LogP contribution in [0, 0.1) is 0 Å². The molecule has 0 saturated carbocycles. The number of carbonyl (C=O) groups is 1. The third kappa shape index (κ3) is 3.45. The Morgan fingerprint density at radius 3 is 2.36 bits per heavy atom. The van der Waals surface area contributed by atoms with E-state index in [9.17, 15) is 20.1 Å². The quantitative estimate of drug-likeness (QED) is 0.558. The van der Waals surface area contributed by atoms with E-state index in [0.29, 0.717) is 0 Å². The van der Waals surface area contributed by atoms with Crippen molar-refractivity contribution in [3.05, 3.63) is 35.9 Å². The summed E-state index contributed by atoms with van der Waals surface area (Å²) in [5.74, 6) is -0.370. The maximum atomic E-state index is 11.9. The molecule has 2 rings (SSSR count). The standard InChI is InChI=1S/C15H21NO6/c1-9(18)16(7-10-5-3-2-4-6-10)12-14(20)13(19)11(8-17)22-15(12)21/h2-6,11-15,17,19-21H,7-8H2,1H3/t11-,12-,13+,14-,15-/m1/s1. The average molecular weight is 311 g/mol. The molecule has 0 unspecified atom stereocenters. The molecule has 1 aromatic carbocycles. The molecule has 22 heavy (non-hydrogen) atoms. The Morgan fingerprint density at radius 2 is 1.82 bits per heavy atom. The number of amides is 1. The fourth-order valence-corrected chi connectivity index (χ4v) is 2.63. The van der Waals surface area contributed by atoms with Gasteiger partial charge in [0, 0.05) is 13.5 Å². The van der Waals surface area contributed by atoms with Crippen LogP contribution in [0.5, 0.6) is 0 Å². The Morgan fingerprint density at radius 1 is 1.18 bits per heavy atom. The molecule has 7 heteroatoms. The molecule has 0 bridgehead atoms. The summed E-state index contributed by atoms with van der Waals surface area (Å²) in [5.41, 5.74) is 0.816. The molecule has 7 nitrogen and oxygen atoms in total. The number of hydrogen-bond donors (Lipinski definition) is 4. The molecule has 1 saturated heterocycles. The van der Waals surface area contributed by atoms with E-state index in [1.165, 1.54) is 11.8 Å². The summed E-state index contributed by atoms with van der Waals surface area (Å²) in [4.78, 5) is 13.2. The molecule has 1 heterocycles. The monoisotopic (exact) mass is 311 g/mol. The number of aliphatic hydroxyl groups excluding tert-OH is 4. The summed E-state index contributed by atoms with van der Waals surface area (Å²) in [6.45, 7) is 0.933.